The molecule has 0 fully saturated rings. The lowest BCUT2D eigenvalue weighted by Gasteiger charge is -1.99. The molecule has 11 heavy (non-hydrogen) atoms. The highest BCUT2D eigenvalue weighted by atomic mass is 15.1. The third kappa shape index (κ3) is 1.00. The van der Waals surface area contributed by atoms with Gasteiger partial charge in [-0.15, -0.1) is 0 Å². The molecule has 0 saturated carbocycles. The summed E-state index contributed by atoms with van der Waals surface area (Å²) in [7, 11) is 1.84. The Hall–Kier alpha value is -1.32. The van der Waals surface area contributed by atoms with E-state index in [0.717, 1.165) is 30.3 Å². The number of aryl methyl sites for hydroxylation is 1. The molecule has 0 unspecified atom stereocenters. The molecular weight excluding hydrogens is 140 g/mol. The summed E-state index contributed by atoms with van der Waals surface area (Å²) in [5, 5.41) is 2.94. The number of fused-ring (bicyclic) bond motifs is 1. The van der Waals surface area contributed by atoms with Crippen molar-refractivity contribution in [3.05, 3.63) is 5.69 Å². The van der Waals surface area contributed by atoms with Crippen LogP contribution in [0.3, 0.4) is 0 Å². The Kier molecular flexibility index (Phi) is 1.38. The van der Waals surface area contributed by atoms with Crippen LogP contribution >= 0.6 is 0 Å². The number of aliphatic imine (C=N–C) groups is 1. The first-order chi connectivity index (χ1) is 5.40. The van der Waals surface area contributed by atoms with Crippen molar-refractivity contribution >= 4 is 18.0 Å². The number of nitrogens with one attached hydrogen (secondary N) is 2. The zero-order chi connectivity index (χ0) is 7.68. The van der Waals surface area contributed by atoms with Gasteiger partial charge in [-0.3, -0.25) is 0 Å². The molecule has 0 aliphatic carbocycles. The fourth-order valence-electron chi connectivity index (χ4n) is 1.16. The summed E-state index contributed by atoms with van der Waals surface area (Å²) in [6.07, 6.45) is 3.94. The second-order valence-corrected chi connectivity index (χ2v) is 2.49. The van der Waals surface area contributed by atoms with E-state index in [2.05, 4.69) is 20.3 Å². The number of aromatic nitrogens is 2. The van der Waals surface area contributed by atoms with Gasteiger partial charge in [0.15, 0.2) is 5.82 Å². The standard InChI is InChI=1S/C7H10N4/c1-8-7-10-5-3-2-4-9-6(5)11-7/h4H,2-3H2,1H3,(H2,8,10,11). The number of hydrogen-bond donors (Lipinski definition) is 2. The predicted molar refractivity (Wildman–Crippen MR) is 44.6 cm³/mol. The zero-order valence-corrected chi connectivity index (χ0v) is 6.39. The Morgan fingerprint density at radius 2 is 2.55 bits per heavy atom. The van der Waals surface area contributed by atoms with Gasteiger partial charge in [0.05, 0.1) is 5.69 Å². The summed E-state index contributed by atoms with van der Waals surface area (Å²) in [5.74, 6) is 1.63. The molecule has 2 rings (SSSR count). The molecule has 58 valence electrons. The van der Waals surface area contributed by atoms with E-state index in [1.165, 1.54) is 0 Å². The number of anilines is 1. The van der Waals surface area contributed by atoms with Crippen LogP contribution in [0.4, 0.5) is 11.8 Å². The minimum Gasteiger partial charge on any atom is -0.359 e. The van der Waals surface area contributed by atoms with E-state index in [1.54, 1.807) is 0 Å². The number of H-pyrrole nitrogens is 1. The van der Waals surface area contributed by atoms with Crippen LogP contribution in [0.2, 0.25) is 0 Å². The first kappa shape index (κ1) is 6.39. The van der Waals surface area contributed by atoms with Crippen LogP contribution in [-0.2, 0) is 6.42 Å². The van der Waals surface area contributed by atoms with Gasteiger partial charge >= 0.3 is 0 Å². The average Bonchev–Trinajstić information content (AvgIpc) is 2.46. The van der Waals surface area contributed by atoms with Crippen molar-refractivity contribution in [2.75, 3.05) is 12.4 Å². The highest BCUT2D eigenvalue weighted by Gasteiger charge is 2.09. The van der Waals surface area contributed by atoms with Gasteiger partial charge < -0.3 is 10.3 Å². The largest absolute Gasteiger partial charge is 0.359 e. The van der Waals surface area contributed by atoms with Crippen LogP contribution in [0.15, 0.2) is 4.99 Å². The van der Waals surface area contributed by atoms with E-state index < -0.39 is 0 Å². The maximum atomic E-state index is 4.20. The van der Waals surface area contributed by atoms with Crippen LogP contribution < -0.4 is 5.32 Å². The van der Waals surface area contributed by atoms with Crippen molar-refractivity contribution in [2.24, 2.45) is 4.99 Å². The Morgan fingerprint density at radius 3 is 3.27 bits per heavy atom. The maximum absolute atomic E-state index is 4.20. The molecule has 0 radical (unpaired) electrons. The Bertz CT molecular complexity index is 287. The molecule has 1 aliphatic heterocycles. The lowest BCUT2D eigenvalue weighted by molar-refractivity contribution is 0.979. The molecule has 0 bridgehead atoms. The van der Waals surface area contributed by atoms with Gasteiger partial charge in [-0.05, 0) is 12.8 Å². The van der Waals surface area contributed by atoms with E-state index in [9.17, 15) is 0 Å². The Morgan fingerprint density at radius 1 is 1.64 bits per heavy atom. The van der Waals surface area contributed by atoms with Crippen molar-refractivity contribution < 1.29 is 0 Å². The maximum Gasteiger partial charge on any atom is 0.202 e. The normalized spacial score (nSPS) is 14.6. The van der Waals surface area contributed by atoms with E-state index in [-0.39, 0.29) is 0 Å². The highest BCUT2D eigenvalue weighted by molar-refractivity contribution is 5.66. The minimum atomic E-state index is 0.800. The smallest absolute Gasteiger partial charge is 0.202 e. The molecule has 2 heterocycles. The number of imidazole rings is 1. The van der Waals surface area contributed by atoms with E-state index in [0.29, 0.717) is 0 Å². The van der Waals surface area contributed by atoms with Crippen LogP contribution in [0, 0.1) is 0 Å². The molecule has 2 N–H and O–H groups in total. The molecule has 0 spiro atoms. The molecule has 1 aromatic heterocycles. The van der Waals surface area contributed by atoms with Gasteiger partial charge in [-0.2, -0.15) is 4.98 Å². The summed E-state index contributed by atoms with van der Waals surface area (Å²) >= 11 is 0. The fraction of sp³-hybridized carbons (Fsp3) is 0.429. The molecule has 0 aromatic carbocycles. The van der Waals surface area contributed by atoms with Crippen molar-refractivity contribution in [1.29, 1.82) is 0 Å². The number of rotatable bonds is 1. The molecular formula is C7H10N4. The lowest BCUT2D eigenvalue weighted by Crippen LogP contribution is -1.92. The summed E-state index contributed by atoms with van der Waals surface area (Å²) in [6.45, 7) is 0. The summed E-state index contributed by atoms with van der Waals surface area (Å²) in [5.41, 5.74) is 1.14. The van der Waals surface area contributed by atoms with Crippen LogP contribution in [0.1, 0.15) is 12.1 Å². The fourth-order valence-corrected chi connectivity index (χ4v) is 1.16. The monoisotopic (exact) mass is 150 g/mol. The summed E-state index contributed by atoms with van der Waals surface area (Å²) in [6, 6.07) is 0. The van der Waals surface area contributed by atoms with Crippen LogP contribution in [0.5, 0.6) is 0 Å². The van der Waals surface area contributed by atoms with Gasteiger partial charge in [-0.25, -0.2) is 4.99 Å². The number of aromatic amines is 1. The summed E-state index contributed by atoms with van der Waals surface area (Å²) < 4.78 is 0. The zero-order valence-electron chi connectivity index (χ0n) is 6.39. The van der Waals surface area contributed by atoms with E-state index >= 15 is 0 Å². The van der Waals surface area contributed by atoms with Gasteiger partial charge in [0, 0.05) is 13.3 Å². The second kappa shape index (κ2) is 2.38. The lowest BCUT2D eigenvalue weighted by atomic mass is 10.2. The number of nitrogens with zero attached hydrogens (tertiary/aromatic N) is 2. The van der Waals surface area contributed by atoms with E-state index in [1.807, 2.05) is 13.3 Å². The van der Waals surface area contributed by atoms with Gasteiger partial charge in [-0.1, -0.05) is 0 Å². The van der Waals surface area contributed by atoms with Gasteiger partial charge in [0.2, 0.25) is 5.95 Å². The minimum absolute atomic E-state index is 0.800. The third-order valence-electron chi connectivity index (χ3n) is 1.73. The number of hydrogen-bond acceptors (Lipinski definition) is 3. The first-order valence-corrected chi connectivity index (χ1v) is 3.69. The van der Waals surface area contributed by atoms with Crippen molar-refractivity contribution in [2.45, 2.75) is 12.8 Å². The highest BCUT2D eigenvalue weighted by Crippen LogP contribution is 2.22. The average molecular weight is 150 g/mol. The Labute approximate surface area is 64.8 Å². The quantitative estimate of drug-likeness (QED) is 0.629. The SMILES string of the molecule is CNc1nc2c([nH]1)CCC=N2. The van der Waals surface area contributed by atoms with E-state index in [4.69, 9.17) is 0 Å². The Balaban J connectivity index is 2.42. The second-order valence-electron chi connectivity index (χ2n) is 2.49. The van der Waals surface area contributed by atoms with Crippen molar-refractivity contribution in [1.82, 2.24) is 9.97 Å². The van der Waals surface area contributed by atoms with Gasteiger partial charge in [0.1, 0.15) is 0 Å². The topological polar surface area (TPSA) is 53.1 Å². The first-order valence-electron chi connectivity index (χ1n) is 3.69. The third-order valence-corrected chi connectivity index (χ3v) is 1.73. The van der Waals surface area contributed by atoms with Crippen molar-refractivity contribution in [3.8, 4) is 0 Å². The molecule has 4 heteroatoms. The molecule has 0 amide bonds. The molecule has 0 saturated heterocycles. The van der Waals surface area contributed by atoms with Crippen LogP contribution in [0.25, 0.3) is 0 Å². The molecule has 1 aliphatic rings. The molecule has 1 aromatic rings. The summed E-state index contributed by atoms with van der Waals surface area (Å²) in [4.78, 5) is 11.5. The molecule has 4 nitrogen and oxygen atoms in total. The van der Waals surface area contributed by atoms with Crippen LogP contribution in [-0.4, -0.2) is 23.2 Å². The molecule has 0 atom stereocenters. The van der Waals surface area contributed by atoms with Crippen molar-refractivity contribution in [3.63, 3.8) is 0 Å². The predicted octanol–water partition coefficient (Wildman–Crippen LogP) is 1.10. The van der Waals surface area contributed by atoms with Gasteiger partial charge in [0.25, 0.3) is 0 Å².